The van der Waals surface area contributed by atoms with E-state index in [-0.39, 0.29) is 0 Å². The standard InChI is InChI=1S/C14H31NO/c1-3-5-6-7-9-13-16-14-10-8-12-15-11-4-2/h15H,3-14H2,1-2H3. The SMILES string of the molecule is CCCCCCCOCCCCNCCC. The molecule has 0 amide bonds. The molecule has 0 unspecified atom stereocenters. The molecule has 1 N–H and O–H groups in total. The molecule has 0 aromatic carbocycles. The first-order valence-electron chi connectivity index (χ1n) is 7.20. The van der Waals surface area contributed by atoms with Crippen LogP contribution in [0.15, 0.2) is 0 Å². The van der Waals surface area contributed by atoms with Gasteiger partial charge in [0, 0.05) is 13.2 Å². The average Bonchev–Trinajstić information content (AvgIpc) is 2.31. The van der Waals surface area contributed by atoms with Crippen LogP contribution in [-0.2, 0) is 4.74 Å². The van der Waals surface area contributed by atoms with Crippen molar-refractivity contribution < 1.29 is 4.74 Å². The van der Waals surface area contributed by atoms with Gasteiger partial charge >= 0.3 is 0 Å². The van der Waals surface area contributed by atoms with Gasteiger partial charge in [-0.15, -0.1) is 0 Å². The van der Waals surface area contributed by atoms with Gasteiger partial charge in [0.2, 0.25) is 0 Å². The van der Waals surface area contributed by atoms with E-state index < -0.39 is 0 Å². The number of hydrogen-bond acceptors (Lipinski definition) is 2. The number of unbranched alkanes of at least 4 members (excludes halogenated alkanes) is 5. The summed E-state index contributed by atoms with van der Waals surface area (Å²) in [5, 5.41) is 3.40. The van der Waals surface area contributed by atoms with Gasteiger partial charge in [0.15, 0.2) is 0 Å². The quantitative estimate of drug-likeness (QED) is 0.486. The second-order valence-electron chi connectivity index (χ2n) is 4.48. The van der Waals surface area contributed by atoms with Crippen molar-refractivity contribution >= 4 is 0 Å². The first-order chi connectivity index (χ1) is 7.91. The Morgan fingerprint density at radius 3 is 2.06 bits per heavy atom. The minimum Gasteiger partial charge on any atom is -0.381 e. The van der Waals surface area contributed by atoms with Crippen LogP contribution in [0.25, 0.3) is 0 Å². The Kier molecular flexibility index (Phi) is 14.8. The van der Waals surface area contributed by atoms with Crippen molar-refractivity contribution in [3.63, 3.8) is 0 Å². The van der Waals surface area contributed by atoms with Crippen LogP contribution in [0, 0.1) is 0 Å². The van der Waals surface area contributed by atoms with Crippen molar-refractivity contribution in [2.24, 2.45) is 0 Å². The van der Waals surface area contributed by atoms with Crippen LogP contribution in [0.4, 0.5) is 0 Å². The summed E-state index contributed by atoms with van der Waals surface area (Å²) in [6, 6.07) is 0. The van der Waals surface area contributed by atoms with Crippen LogP contribution in [0.3, 0.4) is 0 Å². The van der Waals surface area contributed by atoms with E-state index in [0.717, 1.165) is 26.3 Å². The first kappa shape index (κ1) is 15.9. The summed E-state index contributed by atoms with van der Waals surface area (Å²) in [7, 11) is 0. The molecule has 0 aromatic heterocycles. The number of hydrogen-bond donors (Lipinski definition) is 1. The lowest BCUT2D eigenvalue weighted by atomic mass is 10.2. The summed E-state index contributed by atoms with van der Waals surface area (Å²) in [4.78, 5) is 0. The van der Waals surface area contributed by atoms with Crippen molar-refractivity contribution in [3.05, 3.63) is 0 Å². The summed E-state index contributed by atoms with van der Waals surface area (Å²) in [5.74, 6) is 0. The summed E-state index contributed by atoms with van der Waals surface area (Å²) < 4.78 is 5.59. The number of ether oxygens (including phenoxy) is 1. The predicted molar refractivity (Wildman–Crippen MR) is 72.0 cm³/mol. The Labute approximate surface area is 102 Å². The Morgan fingerprint density at radius 1 is 0.688 bits per heavy atom. The van der Waals surface area contributed by atoms with Crippen molar-refractivity contribution in [1.29, 1.82) is 0 Å². The molecular formula is C14H31NO. The molecule has 0 aliphatic carbocycles. The molecule has 0 spiro atoms. The second-order valence-corrected chi connectivity index (χ2v) is 4.48. The van der Waals surface area contributed by atoms with E-state index in [9.17, 15) is 0 Å². The van der Waals surface area contributed by atoms with Crippen molar-refractivity contribution in [3.8, 4) is 0 Å². The molecular weight excluding hydrogens is 198 g/mol. The van der Waals surface area contributed by atoms with E-state index in [1.165, 1.54) is 51.4 Å². The third kappa shape index (κ3) is 13.9. The normalized spacial score (nSPS) is 10.9. The van der Waals surface area contributed by atoms with E-state index in [1.807, 2.05) is 0 Å². The molecule has 0 atom stereocenters. The molecule has 98 valence electrons. The lowest BCUT2D eigenvalue weighted by Gasteiger charge is -2.05. The fourth-order valence-electron chi connectivity index (χ4n) is 1.67. The van der Waals surface area contributed by atoms with E-state index in [2.05, 4.69) is 19.2 Å². The zero-order valence-electron chi connectivity index (χ0n) is 11.4. The Hall–Kier alpha value is -0.0800. The van der Waals surface area contributed by atoms with Crippen LogP contribution < -0.4 is 5.32 Å². The van der Waals surface area contributed by atoms with Gasteiger partial charge in [-0.2, -0.15) is 0 Å². The maximum atomic E-state index is 5.59. The van der Waals surface area contributed by atoms with Crippen LogP contribution in [0.2, 0.25) is 0 Å². The molecule has 0 rings (SSSR count). The third-order valence-electron chi connectivity index (χ3n) is 2.71. The van der Waals surface area contributed by atoms with Gasteiger partial charge in [0.1, 0.15) is 0 Å². The summed E-state index contributed by atoms with van der Waals surface area (Å²) in [6.07, 6.45) is 10.3. The Morgan fingerprint density at radius 2 is 1.38 bits per heavy atom. The average molecular weight is 229 g/mol. The van der Waals surface area contributed by atoms with Gasteiger partial charge in [-0.1, -0.05) is 39.5 Å². The maximum Gasteiger partial charge on any atom is 0.0466 e. The predicted octanol–water partition coefficient (Wildman–Crippen LogP) is 3.75. The maximum absolute atomic E-state index is 5.59. The molecule has 0 aliphatic heterocycles. The molecule has 2 nitrogen and oxygen atoms in total. The molecule has 0 bridgehead atoms. The fraction of sp³-hybridized carbons (Fsp3) is 1.00. The molecule has 0 aliphatic rings. The third-order valence-corrected chi connectivity index (χ3v) is 2.71. The highest BCUT2D eigenvalue weighted by Crippen LogP contribution is 2.02. The lowest BCUT2D eigenvalue weighted by Crippen LogP contribution is -2.16. The first-order valence-corrected chi connectivity index (χ1v) is 7.20. The summed E-state index contributed by atoms with van der Waals surface area (Å²) in [6.45, 7) is 8.66. The van der Waals surface area contributed by atoms with Crippen LogP contribution >= 0.6 is 0 Å². The van der Waals surface area contributed by atoms with Crippen LogP contribution in [0.1, 0.15) is 65.2 Å². The zero-order valence-corrected chi connectivity index (χ0v) is 11.4. The largest absolute Gasteiger partial charge is 0.381 e. The monoisotopic (exact) mass is 229 g/mol. The highest BCUT2D eigenvalue weighted by atomic mass is 16.5. The fourth-order valence-corrected chi connectivity index (χ4v) is 1.67. The van der Waals surface area contributed by atoms with Gasteiger partial charge in [0.05, 0.1) is 0 Å². The van der Waals surface area contributed by atoms with E-state index >= 15 is 0 Å². The lowest BCUT2D eigenvalue weighted by molar-refractivity contribution is 0.126. The molecule has 0 saturated heterocycles. The number of nitrogens with one attached hydrogen (secondary N) is 1. The van der Waals surface area contributed by atoms with Gasteiger partial charge in [-0.3, -0.25) is 0 Å². The highest BCUT2D eigenvalue weighted by molar-refractivity contribution is 4.47. The van der Waals surface area contributed by atoms with Gasteiger partial charge < -0.3 is 10.1 Å². The number of rotatable bonds is 13. The smallest absolute Gasteiger partial charge is 0.0466 e. The summed E-state index contributed by atoms with van der Waals surface area (Å²) in [5.41, 5.74) is 0. The minimum atomic E-state index is 0.946. The van der Waals surface area contributed by atoms with E-state index in [0.29, 0.717) is 0 Å². The Balaban J connectivity index is 2.83. The molecule has 0 fully saturated rings. The van der Waals surface area contributed by atoms with E-state index in [4.69, 9.17) is 4.74 Å². The summed E-state index contributed by atoms with van der Waals surface area (Å²) >= 11 is 0. The highest BCUT2D eigenvalue weighted by Gasteiger charge is 1.91. The van der Waals surface area contributed by atoms with Crippen LogP contribution in [-0.4, -0.2) is 26.3 Å². The molecule has 0 aromatic rings. The molecule has 16 heavy (non-hydrogen) atoms. The zero-order chi connectivity index (χ0) is 11.9. The molecule has 0 radical (unpaired) electrons. The second kappa shape index (κ2) is 14.9. The van der Waals surface area contributed by atoms with Crippen molar-refractivity contribution in [2.45, 2.75) is 65.2 Å². The Bertz CT molecular complexity index is 103. The minimum absolute atomic E-state index is 0.946. The van der Waals surface area contributed by atoms with Crippen molar-refractivity contribution in [1.82, 2.24) is 5.32 Å². The van der Waals surface area contributed by atoms with Gasteiger partial charge in [-0.05, 0) is 38.8 Å². The van der Waals surface area contributed by atoms with Crippen LogP contribution in [0.5, 0.6) is 0 Å². The van der Waals surface area contributed by atoms with Gasteiger partial charge in [0.25, 0.3) is 0 Å². The topological polar surface area (TPSA) is 21.3 Å². The van der Waals surface area contributed by atoms with E-state index in [1.54, 1.807) is 0 Å². The molecule has 0 heterocycles. The van der Waals surface area contributed by atoms with Gasteiger partial charge in [-0.25, -0.2) is 0 Å². The van der Waals surface area contributed by atoms with Crippen molar-refractivity contribution in [2.75, 3.05) is 26.3 Å². The molecule has 2 heteroatoms. The molecule has 0 saturated carbocycles.